The molecule has 0 aliphatic carbocycles. The molecule has 2 aromatic carbocycles. The number of fused-ring (bicyclic) bond motifs is 1. The van der Waals surface area contributed by atoms with E-state index in [1.807, 2.05) is 24.3 Å². The molecular formula is C20H15BrN2O3. The first kappa shape index (κ1) is 16.6. The highest BCUT2D eigenvalue weighted by Gasteiger charge is 2.25. The van der Waals surface area contributed by atoms with Crippen molar-refractivity contribution in [2.45, 2.75) is 6.42 Å². The van der Waals surface area contributed by atoms with Crippen LogP contribution in [0.3, 0.4) is 0 Å². The van der Waals surface area contributed by atoms with E-state index in [1.54, 1.807) is 41.3 Å². The predicted octanol–water partition coefficient (Wildman–Crippen LogP) is 4.50. The van der Waals surface area contributed by atoms with Crippen LogP contribution in [0.5, 0.6) is 0 Å². The van der Waals surface area contributed by atoms with Crippen LogP contribution in [0.4, 0.5) is 11.4 Å². The Morgan fingerprint density at radius 3 is 2.69 bits per heavy atom. The number of benzene rings is 2. The molecule has 0 saturated carbocycles. The summed E-state index contributed by atoms with van der Waals surface area (Å²) in [4.78, 5) is 26.9. The van der Waals surface area contributed by atoms with Crippen LogP contribution >= 0.6 is 15.9 Å². The number of nitrogens with one attached hydrogen (secondary N) is 1. The van der Waals surface area contributed by atoms with Crippen molar-refractivity contribution in [1.82, 2.24) is 0 Å². The summed E-state index contributed by atoms with van der Waals surface area (Å²) in [6, 6.07) is 18.1. The summed E-state index contributed by atoms with van der Waals surface area (Å²) in [7, 11) is 0. The molecule has 0 saturated heterocycles. The molecular weight excluding hydrogens is 396 g/mol. The molecule has 0 bridgehead atoms. The summed E-state index contributed by atoms with van der Waals surface area (Å²) in [5.41, 5.74) is 3.20. The maximum absolute atomic E-state index is 12.9. The third-order valence-electron chi connectivity index (χ3n) is 4.30. The van der Waals surface area contributed by atoms with E-state index >= 15 is 0 Å². The van der Waals surface area contributed by atoms with Gasteiger partial charge in [-0.05, 0) is 64.3 Å². The second-order valence-corrected chi connectivity index (χ2v) is 6.76. The minimum absolute atomic E-state index is 0.0770. The van der Waals surface area contributed by atoms with E-state index < -0.39 is 0 Å². The monoisotopic (exact) mass is 410 g/mol. The Hall–Kier alpha value is -2.86. The second-order valence-electron chi connectivity index (χ2n) is 5.97. The molecule has 130 valence electrons. The second kappa shape index (κ2) is 6.80. The van der Waals surface area contributed by atoms with Gasteiger partial charge < -0.3 is 14.6 Å². The fraction of sp³-hybridized carbons (Fsp3) is 0.100. The first-order valence-electron chi connectivity index (χ1n) is 8.18. The average molecular weight is 411 g/mol. The molecule has 26 heavy (non-hydrogen) atoms. The van der Waals surface area contributed by atoms with Crippen LogP contribution in [-0.2, 0) is 6.42 Å². The van der Waals surface area contributed by atoms with Gasteiger partial charge in [0.25, 0.3) is 11.8 Å². The molecule has 0 radical (unpaired) electrons. The van der Waals surface area contributed by atoms with E-state index in [4.69, 9.17) is 4.42 Å². The first-order chi connectivity index (χ1) is 12.6. The van der Waals surface area contributed by atoms with Crippen LogP contribution in [0.1, 0.15) is 26.5 Å². The van der Waals surface area contributed by atoms with Gasteiger partial charge in [-0.3, -0.25) is 9.59 Å². The van der Waals surface area contributed by atoms with Gasteiger partial charge in [0.05, 0.1) is 0 Å². The number of rotatable bonds is 3. The summed E-state index contributed by atoms with van der Waals surface area (Å²) in [5, 5.41) is 2.75. The molecule has 6 heteroatoms. The number of furan rings is 1. The van der Waals surface area contributed by atoms with E-state index in [0.29, 0.717) is 22.5 Å². The Kier molecular flexibility index (Phi) is 4.34. The van der Waals surface area contributed by atoms with Crippen molar-refractivity contribution in [2.24, 2.45) is 0 Å². The average Bonchev–Trinajstić information content (AvgIpc) is 3.27. The van der Waals surface area contributed by atoms with Gasteiger partial charge in [0.15, 0.2) is 10.4 Å². The Morgan fingerprint density at radius 1 is 1.04 bits per heavy atom. The van der Waals surface area contributed by atoms with E-state index in [2.05, 4.69) is 21.2 Å². The van der Waals surface area contributed by atoms with E-state index in [9.17, 15) is 9.59 Å². The number of anilines is 2. The SMILES string of the molecule is O=C(Nc1cccc(C(=O)N2CCc3ccccc32)c1)c1ccc(Br)o1. The predicted molar refractivity (Wildman–Crippen MR) is 103 cm³/mol. The summed E-state index contributed by atoms with van der Waals surface area (Å²) in [6.45, 7) is 0.662. The standard InChI is InChI=1S/C20H15BrN2O3/c21-18-9-8-17(26-18)19(24)22-15-6-3-5-14(12-15)20(25)23-11-10-13-4-1-2-7-16(13)23/h1-9,12H,10-11H2,(H,22,24). The Bertz CT molecular complexity index is 996. The zero-order valence-electron chi connectivity index (χ0n) is 13.7. The van der Waals surface area contributed by atoms with Gasteiger partial charge >= 0.3 is 0 Å². The summed E-state index contributed by atoms with van der Waals surface area (Å²) < 4.78 is 5.73. The number of halogens is 1. The molecule has 3 aromatic rings. The molecule has 5 nitrogen and oxygen atoms in total. The number of hydrogen-bond donors (Lipinski definition) is 1. The Labute approximate surface area is 158 Å². The quantitative estimate of drug-likeness (QED) is 0.691. The molecule has 2 heterocycles. The molecule has 0 unspecified atom stereocenters. The van der Waals surface area contributed by atoms with Crippen molar-refractivity contribution in [3.63, 3.8) is 0 Å². The highest BCUT2D eigenvalue weighted by molar-refractivity contribution is 9.10. The topological polar surface area (TPSA) is 62.6 Å². The number of amides is 2. The van der Waals surface area contributed by atoms with Crippen molar-refractivity contribution >= 4 is 39.1 Å². The molecule has 2 amide bonds. The smallest absolute Gasteiger partial charge is 0.291 e. The van der Waals surface area contributed by atoms with Gasteiger partial charge in [-0.2, -0.15) is 0 Å². The molecule has 1 aromatic heterocycles. The van der Waals surface area contributed by atoms with Crippen LogP contribution in [0.15, 0.2) is 69.8 Å². The van der Waals surface area contributed by atoms with Gasteiger partial charge in [0, 0.05) is 23.5 Å². The van der Waals surface area contributed by atoms with Gasteiger partial charge in [-0.1, -0.05) is 24.3 Å². The van der Waals surface area contributed by atoms with Crippen LogP contribution in [-0.4, -0.2) is 18.4 Å². The van der Waals surface area contributed by atoms with Gasteiger partial charge in [0.2, 0.25) is 0 Å². The van der Waals surface area contributed by atoms with Crippen molar-refractivity contribution in [2.75, 3.05) is 16.8 Å². The minimum Gasteiger partial charge on any atom is -0.444 e. The molecule has 1 N–H and O–H groups in total. The molecule has 0 spiro atoms. The molecule has 1 aliphatic rings. The lowest BCUT2D eigenvalue weighted by Crippen LogP contribution is -2.28. The van der Waals surface area contributed by atoms with Crippen LogP contribution in [0.2, 0.25) is 0 Å². The maximum Gasteiger partial charge on any atom is 0.291 e. The van der Waals surface area contributed by atoms with Gasteiger partial charge in [-0.15, -0.1) is 0 Å². The van der Waals surface area contributed by atoms with E-state index in [-0.39, 0.29) is 17.6 Å². The molecule has 0 atom stereocenters. The van der Waals surface area contributed by atoms with Gasteiger partial charge in [0.1, 0.15) is 0 Å². The number of nitrogens with zero attached hydrogens (tertiary/aromatic N) is 1. The highest BCUT2D eigenvalue weighted by Crippen LogP contribution is 2.29. The summed E-state index contributed by atoms with van der Waals surface area (Å²) in [6.07, 6.45) is 0.853. The van der Waals surface area contributed by atoms with Gasteiger partial charge in [-0.25, -0.2) is 0 Å². The van der Waals surface area contributed by atoms with Crippen molar-refractivity contribution in [1.29, 1.82) is 0 Å². The van der Waals surface area contributed by atoms with Crippen molar-refractivity contribution in [3.05, 3.63) is 82.2 Å². The lowest BCUT2D eigenvalue weighted by molar-refractivity contribution is 0.0982. The lowest BCUT2D eigenvalue weighted by Gasteiger charge is -2.17. The lowest BCUT2D eigenvalue weighted by atomic mass is 10.1. The number of para-hydroxylation sites is 1. The summed E-state index contributed by atoms with van der Waals surface area (Å²) >= 11 is 3.17. The zero-order chi connectivity index (χ0) is 18.1. The van der Waals surface area contributed by atoms with Crippen molar-refractivity contribution < 1.29 is 14.0 Å². The largest absolute Gasteiger partial charge is 0.444 e. The van der Waals surface area contributed by atoms with Crippen molar-refractivity contribution in [3.8, 4) is 0 Å². The zero-order valence-corrected chi connectivity index (χ0v) is 15.3. The van der Waals surface area contributed by atoms with Crippen LogP contribution in [0.25, 0.3) is 0 Å². The molecule has 0 fully saturated rings. The molecule has 4 rings (SSSR count). The highest BCUT2D eigenvalue weighted by atomic mass is 79.9. The normalized spacial score (nSPS) is 12.7. The number of carbonyl (C=O) groups excluding carboxylic acids is 2. The van der Waals surface area contributed by atoms with E-state index in [1.165, 1.54) is 5.56 Å². The van der Waals surface area contributed by atoms with Crippen LogP contribution in [0, 0.1) is 0 Å². The van der Waals surface area contributed by atoms with Crippen LogP contribution < -0.4 is 10.2 Å². The van der Waals surface area contributed by atoms with E-state index in [0.717, 1.165) is 12.1 Å². The summed E-state index contributed by atoms with van der Waals surface area (Å²) in [5.74, 6) is -0.249. The Morgan fingerprint density at radius 2 is 1.88 bits per heavy atom. The fourth-order valence-corrected chi connectivity index (χ4v) is 3.37. The maximum atomic E-state index is 12.9. The third kappa shape index (κ3) is 3.15. The Balaban J connectivity index is 1.54. The molecule has 1 aliphatic heterocycles. The first-order valence-corrected chi connectivity index (χ1v) is 8.97. The fourth-order valence-electron chi connectivity index (χ4n) is 3.06. The number of hydrogen-bond acceptors (Lipinski definition) is 3. The number of carbonyl (C=O) groups is 2. The minimum atomic E-state index is -0.369. The third-order valence-corrected chi connectivity index (χ3v) is 4.72.